The molecule has 1 aliphatic rings. The summed E-state index contributed by atoms with van der Waals surface area (Å²) in [5.74, 6) is 0.956. The molecule has 1 rings (SSSR count). The van der Waals surface area contributed by atoms with Crippen LogP contribution in [0.2, 0.25) is 0 Å². The van der Waals surface area contributed by atoms with Crippen LogP contribution in [-0.4, -0.2) is 43.0 Å². The molecule has 0 saturated carbocycles. The van der Waals surface area contributed by atoms with Gasteiger partial charge in [-0.3, -0.25) is 5.41 Å². The van der Waals surface area contributed by atoms with Crippen molar-refractivity contribution in [2.45, 2.75) is 13.8 Å². The van der Waals surface area contributed by atoms with Gasteiger partial charge in [0, 0.05) is 19.0 Å². The Morgan fingerprint density at radius 1 is 1.43 bits per heavy atom. The van der Waals surface area contributed by atoms with Gasteiger partial charge in [-0.2, -0.15) is 0 Å². The Morgan fingerprint density at radius 2 is 2.00 bits per heavy atom. The van der Waals surface area contributed by atoms with Gasteiger partial charge in [0.15, 0.2) is 0 Å². The highest BCUT2D eigenvalue weighted by Crippen LogP contribution is 2.00. The lowest BCUT2D eigenvalue weighted by Gasteiger charge is -2.27. The van der Waals surface area contributed by atoms with E-state index in [2.05, 4.69) is 4.99 Å². The number of rotatable bonds is 1. The number of hydrogen-bond acceptors (Lipinski definition) is 2. The fourth-order valence-electron chi connectivity index (χ4n) is 1.10. The second kappa shape index (κ2) is 4.95. The second-order valence-electron chi connectivity index (χ2n) is 3.61. The van der Waals surface area contributed by atoms with Gasteiger partial charge < -0.3 is 15.4 Å². The van der Waals surface area contributed by atoms with Crippen molar-refractivity contribution in [3.63, 3.8) is 0 Å². The van der Waals surface area contributed by atoms with Crippen molar-refractivity contribution in [3.05, 3.63) is 0 Å². The lowest BCUT2D eigenvalue weighted by atomic mass is 10.2. The minimum atomic E-state index is 0.191. The van der Waals surface area contributed by atoms with E-state index in [0.29, 0.717) is 19.0 Å². The van der Waals surface area contributed by atoms with Crippen LogP contribution in [0.5, 0.6) is 0 Å². The van der Waals surface area contributed by atoms with Crippen molar-refractivity contribution in [1.29, 1.82) is 5.41 Å². The predicted molar refractivity (Wildman–Crippen MR) is 56.6 cm³/mol. The molecule has 3 N–H and O–H groups in total. The molecule has 0 aromatic heterocycles. The van der Waals surface area contributed by atoms with E-state index in [4.69, 9.17) is 15.9 Å². The molecule has 1 heterocycles. The first-order valence-corrected chi connectivity index (χ1v) is 4.86. The molecular formula is C9H18N4O. The molecule has 5 nitrogen and oxygen atoms in total. The third-order valence-electron chi connectivity index (χ3n) is 2.14. The van der Waals surface area contributed by atoms with Crippen molar-refractivity contribution < 1.29 is 4.74 Å². The summed E-state index contributed by atoms with van der Waals surface area (Å²) >= 11 is 0. The first-order chi connectivity index (χ1) is 6.61. The minimum absolute atomic E-state index is 0.191. The van der Waals surface area contributed by atoms with Gasteiger partial charge in [-0.15, -0.1) is 0 Å². The van der Waals surface area contributed by atoms with E-state index in [9.17, 15) is 0 Å². The molecule has 1 saturated heterocycles. The highest BCUT2D eigenvalue weighted by Gasteiger charge is 2.13. The lowest BCUT2D eigenvalue weighted by molar-refractivity contribution is 0.0672. The van der Waals surface area contributed by atoms with Crippen LogP contribution in [0.25, 0.3) is 0 Å². The van der Waals surface area contributed by atoms with E-state index in [1.807, 2.05) is 18.7 Å². The lowest BCUT2D eigenvalue weighted by Crippen LogP contribution is -2.40. The van der Waals surface area contributed by atoms with Gasteiger partial charge in [-0.1, -0.05) is 13.8 Å². The highest BCUT2D eigenvalue weighted by molar-refractivity contribution is 5.94. The number of hydrogen-bond donors (Lipinski definition) is 2. The molecular weight excluding hydrogens is 180 g/mol. The number of nitrogens with one attached hydrogen (secondary N) is 1. The smallest absolute Gasteiger partial charge is 0.219 e. The zero-order valence-corrected chi connectivity index (χ0v) is 8.79. The monoisotopic (exact) mass is 198 g/mol. The quantitative estimate of drug-likeness (QED) is 0.469. The molecule has 14 heavy (non-hydrogen) atoms. The van der Waals surface area contributed by atoms with Gasteiger partial charge in [0.2, 0.25) is 5.96 Å². The molecule has 1 aliphatic heterocycles. The molecule has 1 fully saturated rings. The number of morpholine rings is 1. The first-order valence-electron chi connectivity index (χ1n) is 4.86. The van der Waals surface area contributed by atoms with Crippen LogP contribution in [0.15, 0.2) is 4.99 Å². The number of ether oxygens (including phenoxy) is 1. The Balaban J connectivity index is 2.51. The Bertz CT molecular complexity index is 231. The van der Waals surface area contributed by atoms with Gasteiger partial charge in [-0.05, 0) is 0 Å². The van der Waals surface area contributed by atoms with Gasteiger partial charge >= 0.3 is 0 Å². The zero-order valence-electron chi connectivity index (χ0n) is 8.79. The van der Waals surface area contributed by atoms with Gasteiger partial charge in [0.05, 0.1) is 13.2 Å². The molecule has 0 atom stereocenters. The second-order valence-corrected chi connectivity index (χ2v) is 3.61. The van der Waals surface area contributed by atoms with Crippen molar-refractivity contribution in [2.24, 2.45) is 16.6 Å². The Labute approximate surface area is 84.4 Å². The highest BCUT2D eigenvalue weighted by atomic mass is 16.5. The average Bonchev–Trinajstić information content (AvgIpc) is 2.19. The van der Waals surface area contributed by atoms with Crippen LogP contribution < -0.4 is 5.73 Å². The van der Waals surface area contributed by atoms with E-state index >= 15 is 0 Å². The van der Waals surface area contributed by atoms with Gasteiger partial charge in [-0.25, -0.2) is 4.99 Å². The van der Waals surface area contributed by atoms with E-state index in [0.717, 1.165) is 13.1 Å². The SMILES string of the molecule is CC(C)/C(N)=N/C(=N)N1CCOCC1. The average molecular weight is 198 g/mol. The van der Waals surface area contributed by atoms with Crippen LogP contribution in [0.3, 0.4) is 0 Å². The van der Waals surface area contributed by atoms with Crippen LogP contribution >= 0.6 is 0 Å². The number of amidine groups is 1. The predicted octanol–water partition coefficient (Wildman–Crippen LogP) is 0.267. The van der Waals surface area contributed by atoms with Gasteiger partial charge in [0.25, 0.3) is 0 Å². The van der Waals surface area contributed by atoms with Crippen LogP contribution in [0, 0.1) is 11.3 Å². The summed E-state index contributed by atoms with van der Waals surface area (Å²) in [5, 5.41) is 7.71. The van der Waals surface area contributed by atoms with Crippen LogP contribution in [-0.2, 0) is 4.74 Å². The maximum atomic E-state index is 7.71. The molecule has 0 aromatic rings. The van der Waals surface area contributed by atoms with Crippen molar-refractivity contribution in [3.8, 4) is 0 Å². The fourth-order valence-corrected chi connectivity index (χ4v) is 1.10. The topological polar surface area (TPSA) is 74.7 Å². The van der Waals surface area contributed by atoms with E-state index < -0.39 is 0 Å². The molecule has 0 unspecified atom stereocenters. The number of nitrogens with two attached hydrogens (primary N) is 1. The number of nitrogens with zero attached hydrogens (tertiary/aromatic N) is 2. The third-order valence-corrected chi connectivity index (χ3v) is 2.14. The third kappa shape index (κ3) is 2.99. The van der Waals surface area contributed by atoms with Crippen LogP contribution in [0.4, 0.5) is 0 Å². The summed E-state index contributed by atoms with van der Waals surface area (Å²) in [6, 6.07) is 0. The van der Waals surface area contributed by atoms with E-state index in [1.54, 1.807) is 0 Å². The van der Waals surface area contributed by atoms with Crippen molar-refractivity contribution >= 4 is 11.8 Å². The van der Waals surface area contributed by atoms with Crippen LogP contribution in [0.1, 0.15) is 13.8 Å². The summed E-state index contributed by atoms with van der Waals surface area (Å²) in [5.41, 5.74) is 5.68. The molecule has 0 aromatic carbocycles. The molecule has 80 valence electrons. The van der Waals surface area contributed by atoms with Gasteiger partial charge in [0.1, 0.15) is 5.84 Å². The molecule has 0 spiro atoms. The molecule has 0 radical (unpaired) electrons. The summed E-state index contributed by atoms with van der Waals surface area (Å²) in [6.45, 7) is 6.72. The summed E-state index contributed by atoms with van der Waals surface area (Å²) in [6.07, 6.45) is 0. The Hall–Kier alpha value is -1.10. The summed E-state index contributed by atoms with van der Waals surface area (Å²) in [7, 11) is 0. The normalized spacial score (nSPS) is 18.8. The largest absolute Gasteiger partial charge is 0.387 e. The van der Waals surface area contributed by atoms with E-state index in [-0.39, 0.29) is 11.9 Å². The molecule has 0 amide bonds. The minimum Gasteiger partial charge on any atom is -0.387 e. The Kier molecular flexibility index (Phi) is 3.88. The zero-order chi connectivity index (χ0) is 10.6. The van der Waals surface area contributed by atoms with Crippen molar-refractivity contribution in [1.82, 2.24) is 4.90 Å². The summed E-state index contributed by atoms with van der Waals surface area (Å²) in [4.78, 5) is 5.92. The number of guanidine groups is 1. The first kappa shape index (κ1) is 11.0. The fraction of sp³-hybridized carbons (Fsp3) is 0.778. The maximum Gasteiger partial charge on any atom is 0.219 e. The van der Waals surface area contributed by atoms with E-state index in [1.165, 1.54) is 0 Å². The molecule has 0 bridgehead atoms. The number of aliphatic imine (C=N–C) groups is 1. The summed E-state index contributed by atoms with van der Waals surface area (Å²) < 4.78 is 5.18. The molecule has 0 aliphatic carbocycles. The Morgan fingerprint density at radius 3 is 2.50 bits per heavy atom. The molecule has 5 heteroatoms. The maximum absolute atomic E-state index is 7.71. The van der Waals surface area contributed by atoms with Crippen molar-refractivity contribution in [2.75, 3.05) is 26.3 Å². The standard InChI is InChI=1S/C9H18N4O/c1-7(2)8(10)12-9(11)13-3-5-14-6-4-13/h7H,3-6H2,1-2H3,(H3,10,11,12).